The smallest absolute Gasteiger partial charge is 0.167 e. The van der Waals surface area contributed by atoms with Crippen LogP contribution in [-0.2, 0) is 6.54 Å². The highest BCUT2D eigenvalue weighted by molar-refractivity contribution is 5.96. The lowest BCUT2D eigenvalue weighted by Crippen LogP contribution is -2.22. The molecule has 0 bridgehead atoms. The summed E-state index contributed by atoms with van der Waals surface area (Å²) in [4.78, 5) is 14.1. The van der Waals surface area contributed by atoms with Crippen molar-refractivity contribution in [2.45, 2.75) is 19.9 Å². The van der Waals surface area contributed by atoms with E-state index in [2.05, 4.69) is 24.0 Å². The molecule has 0 unspecified atom stereocenters. The number of hydrogen-bond donors (Lipinski definition) is 0. The summed E-state index contributed by atoms with van der Waals surface area (Å²) in [6.07, 6.45) is 0.323. The molecular weight excluding hydrogens is 265 g/mol. The summed E-state index contributed by atoms with van der Waals surface area (Å²) in [5.41, 5.74) is 2.67. The van der Waals surface area contributed by atoms with Crippen LogP contribution in [0.5, 0.6) is 0 Å². The SMILES string of the molecule is Cc1ccccc1CN(C)CCC(=O)c1ccccc1F. The van der Waals surface area contributed by atoms with Crippen molar-refractivity contribution in [3.63, 3.8) is 0 Å². The van der Waals surface area contributed by atoms with E-state index in [9.17, 15) is 9.18 Å². The Balaban J connectivity index is 1.90. The molecule has 21 heavy (non-hydrogen) atoms. The van der Waals surface area contributed by atoms with Crippen molar-refractivity contribution >= 4 is 5.78 Å². The second-order valence-corrected chi connectivity index (χ2v) is 5.32. The normalized spacial score (nSPS) is 10.9. The number of nitrogens with zero attached hydrogens (tertiary/aromatic N) is 1. The van der Waals surface area contributed by atoms with Gasteiger partial charge in [0.15, 0.2) is 5.78 Å². The predicted octanol–water partition coefficient (Wildman–Crippen LogP) is 3.84. The molecule has 0 saturated heterocycles. The number of carbonyl (C=O) groups is 1. The van der Waals surface area contributed by atoms with Crippen LogP contribution in [0.15, 0.2) is 48.5 Å². The van der Waals surface area contributed by atoms with Crippen molar-refractivity contribution < 1.29 is 9.18 Å². The van der Waals surface area contributed by atoms with E-state index in [0.29, 0.717) is 13.0 Å². The predicted molar refractivity (Wildman–Crippen MR) is 82.9 cm³/mol. The zero-order valence-electron chi connectivity index (χ0n) is 12.5. The van der Waals surface area contributed by atoms with Gasteiger partial charge >= 0.3 is 0 Å². The molecule has 0 aliphatic heterocycles. The molecule has 0 aromatic heterocycles. The first-order chi connectivity index (χ1) is 10.1. The number of aryl methyl sites for hydroxylation is 1. The number of carbonyl (C=O) groups excluding carboxylic acids is 1. The van der Waals surface area contributed by atoms with Crippen molar-refractivity contribution in [1.82, 2.24) is 4.90 Å². The Kier molecular flexibility index (Phi) is 5.23. The first-order valence-corrected chi connectivity index (χ1v) is 7.08. The molecular formula is C18H20FNO. The van der Waals surface area contributed by atoms with E-state index in [-0.39, 0.29) is 11.3 Å². The number of Topliss-reactive ketones (excluding diaryl/α,β-unsaturated/α-hetero) is 1. The molecule has 0 N–H and O–H groups in total. The molecule has 110 valence electrons. The monoisotopic (exact) mass is 285 g/mol. The fraction of sp³-hybridized carbons (Fsp3) is 0.278. The van der Waals surface area contributed by atoms with Crippen molar-refractivity contribution in [3.8, 4) is 0 Å². The highest BCUT2D eigenvalue weighted by Gasteiger charge is 2.12. The van der Waals surface area contributed by atoms with E-state index < -0.39 is 5.82 Å². The van der Waals surface area contributed by atoms with Gasteiger partial charge in [0.05, 0.1) is 5.56 Å². The van der Waals surface area contributed by atoms with Gasteiger partial charge in [-0.1, -0.05) is 36.4 Å². The van der Waals surface area contributed by atoms with E-state index in [4.69, 9.17) is 0 Å². The lowest BCUT2D eigenvalue weighted by Gasteiger charge is -2.17. The second-order valence-electron chi connectivity index (χ2n) is 5.32. The fourth-order valence-corrected chi connectivity index (χ4v) is 2.27. The zero-order valence-corrected chi connectivity index (χ0v) is 12.5. The van der Waals surface area contributed by atoms with Gasteiger partial charge in [0.25, 0.3) is 0 Å². The summed E-state index contributed by atoms with van der Waals surface area (Å²) >= 11 is 0. The molecule has 0 amide bonds. The average Bonchev–Trinajstić information content (AvgIpc) is 2.48. The van der Waals surface area contributed by atoms with Crippen LogP contribution < -0.4 is 0 Å². The maximum absolute atomic E-state index is 13.5. The quantitative estimate of drug-likeness (QED) is 0.752. The highest BCUT2D eigenvalue weighted by Crippen LogP contribution is 2.12. The largest absolute Gasteiger partial charge is 0.302 e. The second kappa shape index (κ2) is 7.14. The summed E-state index contributed by atoms with van der Waals surface area (Å²) in [5.74, 6) is -0.589. The summed E-state index contributed by atoms with van der Waals surface area (Å²) in [5, 5.41) is 0. The Hall–Kier alpha value is -2.00. The van der Waals surface area contributed by atoms with Crippen LogP contribution in [0.4, 0.5) is 4.39 Å². The molecule has 0 fully saturated rings. The molecule has 2 rings (SSSR count). The Bertz CT molecular complexity index is 624. The molecule has 0 aliphatic rings. The third-order valence-electron chi connectivity index (χ3n) is 3.60. The van der Waals surface area contributed by atoms with Crippen molar-refractivity contribution in [2.24, 2.45) is 0 Å². The average molecular weight is 285 g/mol. The zero-order chi connectivity index (χ0) is 15.2. The van der Waals surface area contributed by atoms with Gasteiger partial charge in [0.1, 0.15) is 5.82 Å². The minimum atomic E-state index is -0.441. The fourth-order valence-electron chi connectivity index (χ4n) is 2.27. The van der Waals surface area contributed by atoms with Gasteiger partial charge in [-0.3, -0.25) is 4.79 Å². The Morgan fingerprint density at radius 2 is 1.76 bits per heavy atom. The van der Waals surface area contributed by atoms with E-state index in [1.54, 1.807) is 18.2 Å². The van der Waals surface area contributed by atoms with Crippen LogP contribution in [0.25, 0.3) is 0 Å². The third kappa shape index (κ3) is 4.23. The molecule has 0 spiro atoms. The standard InChI is InChI=1S/C18H20FNO/c1-14-7-3-4-8-15(14)13-20(2)12-11-18(21)16-9-5-6-10-17(16)19/h3-10H,11-13H2,1-2H3. The topological polar surface area (TPSA) is 20.3 Å². The van der Waals surface area contributed by atoms with Crippen LogP contribution in [-0.4, -0.2) is 24.3 Å². The molecule has 3 heteroatoms. The Morgan fingerprint density at radius 3 is 2.48 bits per heavy atom. The number of halogens is 1. The van der Waals surface area contributed by atoms with E-state index >= 15 is 0 Å². The molecule has 2 aromatic carbocycles. The maximum Gasteiger partial charge on any atom is 0.167 e. The first kappa shape index (κ1) is 15.4. The van der Waals surface area contributed by atoms with Gasteiger partial charge in [-0.15, -0.1) is 0 Å². The van der Waals surface area contributed by atoms with E-state index in [1.165, 1.54) is 17.2 Å². The molecule has 0 radical (unpaired) electrons. The van der Waals surface area contributed by atoms with E-state index in [1.807, 2.05) is 19.2 Å². The number of hydrogen-bond acceptors (Lipinski definition) is 2. The first-order valence-electron chi connectivity index (χ1n) is 7.08. The summed E-state index contributed by atoms with van der Waals surface area (Å²) in [6, 6.07) is 14.3. The van der Waals surface area contributed by atoms with Gasteiger partial charge in [-0.2, -0.15) is 0 Å². The van der Waals surface area contributed by atoms with Crippen LogP contribution in [0, 0.1) is 12.7 Å². The van der Waals surface area contributed by atoms with Crippen LogP contribution >= 0.6 is 0 Å². The lowest BCUT2D eigenvalue weighted by molar-refractivity contribution is 0.0964. The lowest BCUT2D eigenvalue weighted by atomic mass is 10.1. The number of benzene rings is 2. The highest BCUT2D eigenvalue weighted by atomic mass is 19.1. The van der Waals surface area contributed by atoms with Crippen LogP contribution in [0.1, 0.15) is 27.9 Å². The van der Waals surface area contributed by atoms with Crippen LogP contribution in [0.2, 0.25) is 0 Å². The molecule has 2 aromatic rings. The van der Waals surface area contributed by atoms with Gasteiger partial charge in [-0.25, -0.2) is 4.39 Å². The minimum Gasteiger partial charge on any atom is -0.302 e. The van der Waals surface area contributed by atoms with Gasteiger partial charge < -0.3 is 4.90 Å². The Morgan fingerprint density at radius 1 is 1.10 bits per heavy atom. The van der Waals surface area contributed by atoms with E-state index in [0.717, 1.165) is 6.54 Å². The molecule has 0 heterocycles. The van der Waals surface area contributed by atoms with Crippen molar-refractivity contribution in [1.29, 1.82) is 0 Å². The summed E-state index contributed by atoms with van der Waals surface area (Å²) < 4.78 is 13.5. The summed E-state index contributed by atoms with van der Waals surface area (Å²) in [6.45, 7) is 3.48. The minimum absolute atomic E-state index is 0.148. The van der Waals surface area contributed by atoms with Crippen molar-refractivity contribution in [3.05, 3.63) is 71.0 Å². The molecule has 2 nitrogen and oxygen atoms in total. The molecule has 0 aliphatic carbocycles. The van der Waals surface area contributed by atoms with Crippen LogP contribution in [0.3, 0.4) is 0 Å². The van der Waals surface area contributed by atoms with Gasteiger partial charge in [-0.05, 0) is 37.2 Å². The van der Waals surface area contributed by atoms with Gasteiger partial charge in [0, 0.05) is 19.5 Å². The maximum atomic E-state index is 13.5. The summed E-state index contributed by atoms with van der Waals surface area (Å²) in [7, 11) is 1.97. The molecule has 0 atom stereocenters. The third-order valence-corrected chi connectivity index (χ3v) is 3.60. The van der Waals surface area contributed by atoms with Gasteiger partial charge in [0.2, 0.25) is 0 Å². The number of rotatable bonds is 6. The molecule has 0 saturated carbocycles. The Labute approximate surface area is 125 Å². The van der Waals surface area contributed by atoms with Crippen molar-refractivity contribution in [2.75, 3.05) is 13.6 Å². The number of ketones is 1.